The Morgan fingerprint density at radius 2 is 1.33 bits per heavy atom. The predicted octanol–water partition coefficient (Wildman–Crippen LogP) is 7.52. The van der Waals surface area contributed by atoms with Gasteiger partial charge < -0.3 is 34.1 Å². The first-order valence-electron chi connectivity index (χ1n) is 16.6. The van der Waals surface area contributed by atoms with Gasteiger partial charge in [-0.1, -0.05) is 37.5 Å². The molecule has 1 spiro atoms. The molecule has 3 fully saturated rings. The summed E-state index contributed by atoms with van der Waals surface area (Å²) in [7, 11) is 0. The topological polar surface area (TPSA) is 107 Å². The summed E-state index contributed by atoms with van der Waals surface area (Å²) in [5.41, 5.74) is 0.499. The minimum atomic E-state index is -0.427. The highest BCUT2D eigenvalue weighted by molar-refractivity contribution is 5.71. The van der Waals surface area contributed by atoms with Crippen molar-refractivity contribution in [1.82, 2.24) is 15.1 Å². The van der Waals surface area contributed by atoms with Gasteiger partial charge in [-0.3, -0.25) is 0 Å². The van der Waals surface area contributed by atoms with Crippen LogP contribution in [0.5, 0.6) is 17.2 Å². The fraction of sp³-hybridized carbons (Fsp3) is 0.571. The number of alkyl carbamates (subject to hydrolysis) is 1. The Morgan fingerprint density at radius 1 is 0.711 bits per heavy atom. The van der Waals surface area contributed by atoms with E-state index in [2.05, 4.69) is 5.32 Å². The summed E-state index contributed by atoms with van der Waals surface area (Å²) in [5, 5.41) is 2.82. The average Bonchev–Trinajstić information content (AvgIpc) is 3.52. The summed E-state index contributed by atoms with van der Waals surface area (Å²) in [5.74, 6) is 1.82. The van der Waals surface area contributed by atoms with Crippen molar-refractivity contribution in [2.45, 2.75) is 83.2 Å². The number of carbonyl (C=O) groups is 3. The van der Waals surface area contributed by atoms with Gasteiger partial charge in [0.05, 0.1) is 6.61 Å². The Labute approximate surface area is 266 Å². The maximum absolute atomic E-state index is 12.6. The van der Waals surface area contributed by atoms with Gasteiger partial charge in [-0.2, -0.15) is 0 Å². The zero-order valence-corrected chi connectivity index (χ0v) is 26.3. The number of hydrogen-bond donors (Lipinski definition) is 1. The Balaban J connectivity index is 0.861. The molecule has 1 saturated carbocycles. The molecule has 0 unspecified atom stereocenters. The van der Waals surface area contributed by atoms with Crippen LogP contribution in [0.15, 0.2) is 54.6 Å². The molecule has 2 aromatic rings. The number of carbonyl (C=O) groups excluding carboxylic acids is 3. The van der Waals surface area contributed by atoms with Gasteiger partial charge in [0.2, 0.25) is 0 Å². The molecule has 2 aromatic carbocycles. The van der Waals surface area contributed by atoms with E-state index in [1.165, 1.54) is 25.7 Å². The minimum absolute atomic E-state index is 0.171. The summed E-state index contributed by atoms with van der Waals surface area (Å²) in [4.78, 5) is 40.7. The van der Waals surface area contributed by atoms with E-state index >= 15 is 0 Å². The van der Waals surface area contributed by atoms with Gasteiger partial charge in [-0.05, 0) is 86.8 Å². The van der Waals surface area contributed by atoms with Crippen molar-refractivity contribution in [3.05, 3.63) is 54.6 Å². The SMILES string of the molecule is O=C(NCCCCCCOC(=O)N1CCC2(CCCC2)CC1)OC1CCN(C(=O)Oc2ccc(Oc3ccccc3)cc2)CC1. The van der Waals surface area contributed by atoms with Crippen LogP contribution in [-0.4, -0.2) is 73.5 Å². The second-order valence-corrected chi connectivity index (χ2v) is 12.5. The van der Waals surface area contributed by atoms with Crippen LogP contribution >= 0.6 is 0 Å². The lowest BCUT2D eigenvalue weighted by Crippen LogP contribution is -2.43. The van der Waals surface area contributed by atoms with Gasteiger partial charge in [-0.15, -0.1) is 0 Å². The summed E-state index contributed by atoms with van der Waals surface area (Å²) >= 11 is 0. The highest BCUT2D eigenvalue weighted by Gasteiger charge is 2.38. The van der Waals surface area contributed by atoms with Crippen molar-refractivity contribution in [3.63, 3.8) is 0 Å². The molecule has 5 rings (SSSR count). The van der Waals surface area contributed by atoms with E-state index in [4.69, 9.17) is 18.9 Å². The molecule has 2 aliphatic heterocycles. The van der Waals surface area contributed by atoms with Crippen LogP contribution in [0.4, 0.5) is 14.4 Å². The number of nitrogens with zero attached hydrogens (tertiary/aromatic N) is 2. The minimum Gasteiger partial charge on any atom is -0.457 e. The second kappa shape index (κ2) is 16.4. The van der Waals surface area contributed by atoms with Crippen molar-refractivity contribution in [2.75, 3.05) is 39.3 Å². The lowest BCUT2D eigenvalue weighted by molar-refractivity contribution is 0.0523. The monoisotopic (exact) mass is 621 g/mol. The molecule has 3 aliphatic rings. The van der Waals surface area contributed by atoms with Crippen LogP contribution in [-0.2, 0) is 9.47 Å². The maximum Gasteiger partial charge on any atom is 0.415 e. The molecule has 0 aromatic heterocycles. The van der Waals surface area contributed by atoms with Crippen LogP contribution in [0.1, 0.15) is 77.0 Å². The van der Waals surface area contributed by atoms with Crippen LogP contribution in [0.2, 0.25) is 0 Å². The molecule has 0 atom stereocenters. The van der Waals surface area contributed by atoms with Crippen molar-refractivity contribution < 1.29 is 33.3 Å². The predicted molar refractivity (Wildman–Crippen MR) is 170 cm³/mol. The van der Waals surface area contributed by atoms with Crippen LogP contribution in [0.25, 0.3) is 0 Å². The lowest BCUT2D eigenvalue weighted by atomic mass is 9.77. The molecule has 2 saturated heterocycles. The van der Waals surface area contributed by atoms with Crippen LogP contribution in [0.3, 0.4) is 0 Å². The van der Waals surface area contributed by atoms with E-state index in [9.17, 15) is 14.4 Å². The molecule has 3 amide bonds. The van der Waals surface area contributed by atoms with Crippen LogP contribution in [0, 0.1) is 5.41 Å². The van der Waals surface area contributed by atoms with E-state index in [1.54, 1.807) is 29.2 Å². The number of unbranched alkanes of at least 4 members (excludes halogenated alkanes) is 3. The summed E-state index contributed by atoms with van der Waals surface area (Å²) in [6.45, 7) is 3.54. The highest BCUT2D eigenvalue weighted by Crippen LogP contribution is 2.46. The Hall–Kier alpha value is -3.95. The van der Waals surface area contributed by atoms with Crippen LogP contribution < -0.4 is 14.8 Å². The smallest absolute Gasteiger partial charge is 0.415 e. The zero-order chi connectivity index (χ0) is 31.3. The summed E-state index contributed by atoms with van der Waals surface area (Å²) < 4.78 is 22.3. The number of piperidine rings is 2. The van der Waals surface area contributed by atoms with Gasteiger partial charge in [0.25, 0.3) is 0 Å². The normalized spacial score (nSPS) is 18.0. The molecule has 10 nitrogen and oxygen atoms in total. The van der Waals surface area contributed by atoms with Crippen molar-refractivity contribution in [3.8, 4) is 17.2 Å². The molecule has 244 valence electrons. The fourth-order valence-corrected chi connectivity index (χ4v) is 6.53. The number of hydrogen-bond acceptors (Lipinski definition) is 7. The lowest BCUT2D eigenvalue weighted by Gasteiger charge is -2.38. The maximum atomic E-state index is 12.6. The Morgan fingerprint density at radius 3 is 2.04 bits per heavy atom. The second-order valence-electron chi connectivity index (χ2n) is 12.5. The number of para-hydroxylation sites is 1. The number of amides is 3. The number of benzene rings is 2. The number of rotatable bonds is 11. The molecule has 1 N–H and O–H groups in total. The van der Waals surface area contributed by atoms with Crippen molar-refractivity contribution in [1.29, 1.82) is 0 Å². The van der Waals surface area contributed by atoms with Crippen molar-refractivity contribution in [2.24, 2.45) is 5.41 Å². The van der Waals surface area contributed by atoms with Gasteiger partial charge in [0.15, 0.2) is 0 Å². The third kappa shape index (κ3) is 10.0. The Bertz CT molecular complexity index is 1220. The van der Waals surface area contributed by atoms with Gasteiger partial charge in [0.1, 0.15) is 23.4 Å². The van der Waals surface area contributed by atoms with E-state index in [0.29, 0.717) is 56.0 Å². The first kappa shape index (κ1) is 32.4. The molecular formula is C35H47N3O7. The third-order valence-electron chi connectivity index (χ3n) is 9.29. The first-order chi connectivity index (χ1) is 22.0. The Kier molecular flexibility index (Phi) is 11.8. The van der Waals surface area contributed by atoms with E-state index in [0.717, 1.165) is 57.4 Å². The molecule has 0 bridgehead atoms. The average molecular weight is 622 g/mol. The van der Waals surface area contributed by atoms with Crippen molar-refractivity contribution >= 4 is 18.3 Å². The molecular weight excluding hydrogens is 574 g/mol. The van der Waals surface area contributed by atoms with Gasteiger partial charge >= 0.3 is 18.3 Å². The molecule has 10 heteroatoms. The zero-order valence-electron chi connectivity index (χ0n) is 26.3. The van der Waals surface area contributed by atoms with Gasteiger partial charge in [0, 0.05) is 45.6 Å². The van der Waals surface area contributed by atoms with E-state index < -0.39 is 12.2 Å². The number of nitrogens with one attached hydrogen (secondary N) is 1. The standard InChI is InChI=1S/C35H47N3O7/c39-32(36-22-8-1-2-9-27-42-33(40)38-25-20-35(21-26-38)18-6-7-19-35)44-31-16-23-37(24-17-31)34(41)45-30-14-12-29(13-15-30)43-28-10-4-3-5-11-28/h3-5,10-15,31H,1-2,6-9,16-27H2,(H,36,39). The number of likely N-dealkylation sites (tertiary alicyclic amines) is 2. The van der Waals surface area contributed by atoms with Gasteiger partial charge in [-0.25, -0.2) is 14.4 Å². The fourth-order valence-electron chi connectivity index (χ4n) is 6.53. The molecule has 2 heterocycles. The van der Waals surface area contributed by atoms with E-state index in [1.807, 2.05) is 35.2 Å². The number of ether oxygens (including phenoxy) is 4. The first-order valence-corrected chi connectivity index (χ1v) is 16.6. The summed E-state index contributed by atoms with van der Waals surface area (Å²) in [6, 6.07) is 16.4. The highest BCUT2D eigenvalue weighted by atomic mass is 16.6. The molecule has 0 radical (unpaired) electrons. The van der Waals surface area contributed by atoms with E-state index in [-0.39, 0.29) is 12.2 Å². The molecule has 1 aliphatic carbocycles. The summed E-state index contributed by atoms with van der Waals surface area (Å²) in [6.07, 6.45) is 11.0. The third-order valence-corrected chi connectivity index (χ3v) is 9.29. The molecule has 45 heavy (non-hydrogen) atoms. The largest absolute Gasteiger partial charge is 0.457 e. The quantitative estimate of drug-likeness (QED) is 0.259.